The molecule has 16 heavy (non-hydrogen) atoms. The van der Waals surface area contributed by atoms with Crippen LogP contribution in [0.5, 0.6) is 0 Å². The Bertz CT molecular complexity index is 239. The zero-order valence-corrected chi connectivity index (χ0v) is 9.86. The third-order valence-electron chi connectivity index (χ3n) is 3.67. The average molecular weight is 226 g/mol. The quantitative estimate of drug-likeness (QED) is 0.756. The number of ether oxygens (including phenoxy) is 1. The number of hydrogen-bond acceptors (Lipinski definition) is 3. The molecule has 1 saturated heterocycles. The summed E-state index contributed by atoms with van der Waals surface area (Å²) in [5, 5.41) is 0. The standard InChI is InChI=1S/C12H22N2O2/c13-8-11-9-14(6-7-16-11)12(15)10-4-2-1-3-5-10/h10-11H,1-9,13H2. The van der Waals surface area contributed by atoms with Gasteiger partial charge in [-0.05, 0) is 12.8 Å². The average Bonchev–Trinajstić information content (AvgIpc) is 2.39. The first kappa shape index (κ1) is 11.9. The zero-order chi connectivity index (χ0) is 11.4. The smallest absolute Gasteiger partial charge is 0.225 e. The van der Waals surface area contributed by atoms with Gasteiger partial charge in [-0.2, -0.15) is 0 Å². The lowest BCUT2D eigenvalue weighted by Gasteiger charge is -2.35. The number of nitrogens with zero attached hydrogens (tertiary/aromatic N) is 1. The van der Waals surface area contributed by atoms with Gasteiger partial charge in [0, 0.05) is 25.6 Å². The maximum absolute atomic E-state index is 12.2. The summed E-state index contributed by atoms with van der Waals surface area (Å²) in [5.74, 6) is 0.603. The number of amides is 1. The molecule has 1 amide bonds. The molecule has 0 spiro atoms. The molecule has 1 aliphatic carbocycles. The summed E-state index contributed by atoms with van der Waals surface area (Å²) in [6.45, 7) is 2.58. The van der Waals surface area contributed by atoms with Crippen LogP contribution < -0.4 is 5.73 Å². The molecule has 0 aromatic rings. The number of hydrogen-bond donors (Lipinski definition) is 1. The molecule has 0 aromatic carbocycles. The predicted octanol–water partition coefficient (Wildman–Crippen LogP) is 0.753. The minimum absolute atomic E-state index is 0.0429. The molecule has 1 heterocycles. The Morgan fingerprint density at radius 1 is 1.31 bits per heavy atom. The van der Waals surface area contributed by atoms with Gasteiger partial charge in [0.2, 0.25) is 5.91 Å². The Labute approximate surface area is 97.1 Å². The number of carbonyl (C=O) groups excluding carboxylic acids is 1. The van der Waals surface area contributed by atoms with Gasteiger partial charge in [0.15, 0.2) is 0 Å². The molecule has 4 heteroatoms. The minimum Gasteiger partial charge on any atom is -0.373 e. The van der Waals surface area contributed by atoms with Crippen LogP contribution in [-0.4, -0.2) is 43.2 Å². The Kier molecular flexibility index (Phi) is 4.18. The molecule has 0 aromatic heterocycles. The molecule has 4 nitrogen and oxygen atoms in total. The summed E-state index contributed by atoms with van der Waals surface area (Å²) in [5.41, 5.74) is 5.58. The molecule has 1 saturated carbocycles. The SMILES string of the molecule is NCC1CN(C(=O)C2CCCCC2)CCO1. The molecule has 2 N–H and O–H groups in total. The van der Waals surface area contributed by atoms with E-state index in [4.69, 9.17) is 10.5 Å². The summed E-state index contributed by atoms with van der Waals surface area (Å²) in [4.78, 5) is 14.2. The number of morpholine rings is 1. The lowest BCUT2D eigenvalue weighted by atomic mass is 9.88. The fourth-order valence-electron chi connectivity index (χ4n) is 2.67. The van der Waals surface area contributed by atoms with Gasteiger partial charge in [0.25, 0.3) is 0 Å². The number of nitrogens with two attached hydrogens (primary N) is 1. The second kappa shape index (κ2) is 5.64. The largest absolute Gasteiger partial charge is 0.373 e. The van der Waals surface area contributed by atoms with E-state index in [2.05, 4.69) is 0 Å². The molecule has 1 unspecified atom stereocenters. The van der Waals surface area contributed by atoms with Crippen LogP contribution in [0.25, 0.3) is 0 Å². The van der Waals surface area contributed by atoms with Gasteiger partial charge < -0.3 is 15.4 Å². The van der Waals surface area contributed by atoms with Gasteiger partial charge in [-0.15, -0.1) is 0 Å². The molecule has 2 aliphatic rings. The topological polar surface area (TPSA) is 55.6 Å². The van der Waals surface area contributed by atoms with Crippen molar-refractivity contribution in [3.63, 3.8) is 0 Å². The molecule has 0 bridgehead atoms. The Morgan fingerprint density at radius 2 is 2.06 bits per heavy atom. The predicted molar refractivity (Wildman–Crippen MR) is 61.9 cm³/mol. The summed E-state index contributed by atoms with van der Waals surface area (Å²) < 4.78 is 5.48. The van der Waals surface area contributed by atoms with Crippen molar-refractivity contribution in [1.82, 2.24) is 4.90 Å². The first-order valence-corrected chi connectivity index (χ1v) is 6.41. The molecule has 2 fully saturated rings. The van der Waals surface area contributed by atoms with Crippen molar-refractivity contribution in [2.24, 2.45) is 11.7 Å². The Morgan fingerprint density at radius 3 is 2.75 bits per heavy atom. The normalized spacial score (nSPS) is 28.1. The second-order valence-electron chi connectivity index (χ2n) is 4.85. The molecule has 0 radical (unpaired) electrons. The summed E-state index contributed by atoms with van der Waals surface area (Å²) >= 11 is 0. The second-order valence-corrected chi connectivity index (χ2v) is 4.85. The van der Waals surface area contributed by atoms with Crippen molar-refractivity contribution >= 4 is 5.91 Å². The van der Waals surface area contributed by atoms with E-state index in [1.807, 2.05) is 4.90 Å². The van der Waals surface area contributed by atoms with Gasteiger partial charge in [-0.1, -0.05) is 19.3 Å². The highest BCUT2D eigenvalue weighted by molar-refractivity contribution is 5.79. The van der Waals surface area contributed by atoms with Crippen LogP contribution in [0.1, 0.15) is 32.1 Å². The van der Waals surface area contributed by atoms with Crippen LogP contribution in [0.2, 0.25) is 0 Å². The van der Waals surface area contributed by atoms with Gasteiger partial charge >= 0.3 is 0 Å². The van der Waals surface area contributed by atoms with E-state index in [1.165, 1.54) is 19.3 Å². The highest BCUT2D eigenvalue weighted by Crippen LogP contribution is 2.25. The van der Waals surface area contributed by atoms with Crippen LogP contribution >= 0.6 is 0 Å². The van der Waals surface area contributed by atoms with Crippen LogP contribution in [0.15, 0.2) is 0 Å². The van der Waals surface area contributed by atoms with Crippen molar-refractivity contribution < 1.29 is 9.53 Å². The molecular formula is C12H22N2O2. The number of rotatable bonds is 2. The van der Waals surface area contributed by atoms with Crippen molar-refractivity contribution in [3.05, 3.63) is 0 Å². The maximum Gasteiger partial charge on any atom is 0.225 e. The molecule has 1 atom stereocenters. The lowest BCUT2D eigenvalue weighted by molar-refractivity contribution is -0.143. The van der Waals surface area contributed by atoms with E-state index in [0.29, 0.717) is 25.6 Å². The van der Waals surface area contributed by atoms with Crippen LogP contribution in [-0.2, 0) is 9.53 Å². The van der Waals surface area contributed by atoms with Crippen LogP contribution in [0.3, 0.4) is 0 Å². The van der Waals surface area contributed by atoms with E-state index in [0.717, 1.165) is 19.4 Å². The molecule has 1 aliphatic heterocycles. The summed E-state index contributed by atoms with van der Waals surface area (Å²) in [7, 11) is 0. The lowest BCUT2D eigenvalue weighted by Crippen LogP contribution is -2.50. The fraction of sp³-hybridized carbons (Fsp3) is 0.917. The van der Waals surface area contributed by atoms with Crippen molar-refractivity contribution in [2.75, 3.05) is 26.2 Å². The number of carbonyl (C=O) groups is 1. The molecular weight excluding hydrogens is 204 g/mol. The molecule has 92 valence electrons. The van der Waals surface area contributed by atoms with E-state index in [-0.39, 0.29) is 12.0 Å². The van der Waals surface area contributed by atoms with E-state index in [9.17, 15) is 4.79 Å². The van der Waals surface area contributed by atoms with Gasteiger partial charge in [-0.25, -0.2) is 0 Å². The highest BCUT2D eigenvalue weighted by atomic mass is 16.5. The van der Waals surface area contributed by atoms with Crippen molar-refractivity contribution in [2.45, 2.75) is 38.2 Å². The van der Waals surface area contributed by atoms with Gasteiger partial charge in [0.05, 0.1) is 12.7 Å². The third-order valence-corrected chi connectivity index (χ3v) is 3.67. The zero-order valence-electron chi connectivity index (χ0n) is 9.86. The van der Waals surface area contributed by atoms with E-state index >= 15 is 0 Å². The maximum atomic E-state index is 12.2. The summed E-state index contributed by atoms with van der Waals surface area (Å²) in [6, 6.07) is 0. The fourth-order valence-corrected chi connectivity index (χ4v) is 2.67. The summed E-state index contributed by atoms with van der Waals surface area (Å²) in [6.07, 6.45) is 5.90. The first-order chi connectivity index (χ1) is 7.81. The highest BCUT2D eigenvalue weighted by Gasteiger charge is 2.29. The van der Waals surface area contributed by atoms with Crippen LogP contribution in [0.4, 0.5) is 0 Å². The minimum atomic E-state index is 0.0429. The molecule has 2 rings (SSSR count). The Balaban J connectivity index is 1.87. The monoisotopic (exact) mass is 226 g/mol. The van der Waals surface area contributed by atoms with Gasteiger partial charge in [-0.3, -0.25) is 4.79 Å². The van der Waals surface area contributed by atoms with Crippen molar-refractivity contribution in [1.29, 1.82) is 0 Å². The van der Waals surface area contributed by atoms with Crippen molar-refractivity contribution in [3.8, 4) is 0 Å². The van der Waals surface area contributed by atoms with E-state index in [1.54, 1.807) is 0 Å². The van der Waals surface area contributed by atoms with Crippen LogP contribution in [0, 0.1) is 5.92 Å². The Hall–Kier alpha value is -0.610. The van der Waals surface area contributed by atoms with Gasteiger partial charge in [0.1, 0.15) is 0 Å². The van der Waals surface area contributed by atoms with E-state index < -0.39 is 0 Å². The first-order valence-electron chi connectivity index (χ1n) is 6.41. The third kappa shape index (κ3) is 2.74.